The van der Waals surface area contributed by atoms with Crippen molar-refractivity contribution in [3.05, 3.63) is 59.7 Å². The summed E-state index contributed by atoms with van der Waals surface area (Å²) in [4.78, 5) is 26.1. The largest absolute Gasteiger partial charge is 0.372 e. The average Bonchev–Trinajstić information content (AvgIpc) is 3.00. The molecule has 0 atom stereocenters. The number of halogens is 2. The number of amides is 2. The minimum Gasteiger partial charge on any atom is -0.372 e. The van der Waals surface area contributed by atoms with E-state index >= 15 is 0 Å². The summed E-state index contributed by atoms with van der Waals surface area (Å²) in [6.45, 7) is 2.44. The summed E-state index contributed by atoms with van der Waals surface area (Å²) in [6.07, 6.45) is 5.59. The fourth-order valence-corrected chi connectivity index (χ4v) is 3.37. The predicted octanol–water partition coefficient (Wildman–Crippen LogP) is 3.64. The Labute approximate surface area is 169 Å². The molecule has 2 aromatic carbocycles. The van der Waals surface area contributed by atoms with E-state index in [2.05, 4.69) is 27.7 Å². The SMILES string of the molecule is O=C(NCCc1ccc(N2CCCCCC2)cc1)C(=O)Nc1ccc(F)cc1F. The molecule has 2 aromatic rings. The quantitative estimate of drug-likeness (QED) is 0.752. The summed E-state index contributed by atoms with van der Waals surface area (Å²) in [5.74, 6) is -3.55. The molecule has 0 spiro atoms. The third-order valence-electron chi connectivity index (χ3n) is 4.99. The van der Waals surface area contributed by atoms with E-state index in [1.165, 1.54) is 31.4 Å². The van der Waals surface area contributed by atoms with Crippen LogP contribution >= 0.6 is 0 Å². The number of hydrogen-bond donors (Lipinski definition) is 2. The molecule has 1 aliphatic rings. The van der Waals surface area contributed by atoms with Crippen molar-refractivity contribution in [2.24, 2.45) is 0 Å². The summed E-state index contributed by atoms with van der Waals surface area (Å²) in [6, 6.07) is 11.0. The van der Waals surface area contributed by atoms with Crippen LogP contribution in [0.5, 0.6) is 0 Å². The second-order valence-corrected chi connectivity index (χ2v) is 7.15. The Morgan fingerprint density at radius 2 is 1.59 bits per heavy atom. The third-order valence-corrected chi connectivity index (χ3v) is 4.99. The molecule has 0 aromatic heterocycles. The Hall–Kier alpha value is -2.96. The highest BCUT2D eigenvalue weighted by atomic mass is 19.1. The van der Waals surface area contributed by atoms with Crippen molar-refractivity contribution in [1.29, 1.82) is 0 Å². The van der Waals surface area contributed by atoms with Crippen LogP contribution in [0.15, 0.2) is 42.5 Å². The van der Waals surface area contributed by atoms with Crippen molar-refractivity contribution in [3.8, 4) is 0 Å². The molecule has 2 N–H and O–H groups in total. The lowest BCUT2D eigenvalue weighted by molar-refractivity contribution is -0.136. The van der Waals surface area contributed by atoms with Gasteiger partial charge in [0.1, 0.15) is 11.6 Å². The van der Waals surface area contributed by atoms with Crippen LogP contribution < -0.4 is 15.5 Å². The van der Waals surface area contributed by atoms with E-state index in [0.29, 0.717) is 12.5 Å². The lowest BCUT2D eigenvalue weighted by atomic mass is 10.1. The third kappa shape index (κ3) is 6.01. The first kappa shape index (κ1) is 20.8. The summed E-state index contributed by atoms with van der Waals surface area (Å²) < 4.78 is 26.4. The van der Waals surface area contributed by atoms with E-state index in [1.54, 1.807) is 0 Å². The van der Waals surface area contributed by atoms with Crippen molar-refractivity contribution in [1.82, 2.24) is 5.32 Å². The van der Waals surface area contributed by atoms with Gasteiger partial charge in [-0.3, -0.25) is 9.59 Å². The molecule has 5 nitrogen and oxygen atoms in total. The number of nitrogens with one attached hydrogen (secondary N) is 2. The maximum Gasteiger partial charge on any atom is 0.313 e. The molecule has 0 bridgehead atoms. The van der Waals surface area contributed by atoms with Gasteiger partial charge in [0.15, 0.2) is 0 Å². The predicted molar refractivity (Wildman–Crippen MR) is 109 cm³/mol. The molecular weight excluding hydrogens is 376 g/mol. The van der Waals surface area contributed by atoms with E-state index in [9.17, 15) is 18.4 Å². The Morgan fingerprint density at radius 3 is 2.24 bits per heavy atom. The van der Waals surface area contributed by atoms with E-state index < -0.39 is 23.4 Å². The average molecular weight is 401 g/mol. The minimum atomic E-state index is -0.994. The zero-order valence-corrected chi connectivity index (χ0v) is 16.2. The van der Waals surface area contributed by atoms with Crippen molar-refractivity contribution in [3.63, 3.8) is 0 Å². The first-order chi connectivity index (χ1) is 14.0. The fraction of sp³-hybridized carbons (Fsp3) is 0.364. The number of anilines is 2. The van der Waals surface area contributed by atoms with Gasteiger partial charge in [-0.1, -0.05) is 25.0 Å². The Kier molecular flexibility index (Phi) is 7.16. The van der Waals surface area contributed by atoms with Crippen LogP contribution in [0.2, 0.25) is 0 Å². The van der Waals surface area contributed by atoms with Gasteiger partial charge >= 0.3 is 11.8 Å². The zero-order chi connectivity index (χ0) is 20.6. The molecule has 1 saturated heterocycles. The maximum absolute atomic E-state index is 13.5. The normalized spacial score (nSPS) is 14.2. The van der Waals surface area contributed by atoms with Crippen LogP contribution in [0.4, 0.5) is 20.2 Å². The molecule has 0 unspecified atom stereocenters. The maximum atomic E-state index is 13.5. The number of nitrogens with zero attached hydrogens (tertiary/aromatic N) is 1. The molecule has 1 aliphatic heterocycles. The van der Waals surface area contributed by atoms with Crippen LogP contribution in [0.3, 0.4) is 0 Å². The van der Waals surface area contributed by atoms with Crippen LogP contribution in [0.1, 0.15) is 31.2 Å². The van der Waals surface area contributed by atoms with Crippen molar-refractivity contribution < 1.29 is 18.4 Å². The summed E-state index contributed by atoms with van der Waals surface area (Å²) in [7, 11) is 0. The van der Waals surface area contributed by atoms with Gasteiger partial charge in [-0.25, -0.2) is 8.78 Å². The second kappa shape index (κ2) is 10.0. The van der Waals surface area contributed by atoms with Crippen LogP contribution in [0.25, 0.3) is 0 Å². The zero-order valence-electron chi connectivity index (χ0n) is 16.2. The number of carbonyl (C=O) groups is 2. The smallest absolute Gasteiger partial charge is 0.313 e. The Bertz CT molecular complexity index is 848. The van der Waals surface area contributed by atoms with Gasteiger partial charge in [-0.05, 0) is 49.1 Å². The number of hydrogen-bond acceptors (Lipinski definition) is 3. The van der Waals surface area contributed by atoms with Gasteiger partial charge in [0.25, 0.3) is 0 Å². The van der Waals surface area contributed by atoms with E-state index in [4.69, 9.17) is 0 Å². The van der Waals surface area contributed by atoms with Gasteiger partial charge in [0, 0.05) is 31.4 Å². The molecule has 1 fully saturated rings. The van der Waals surface area contributed by atoms with Crippen molar-refractivity contribution in [2.45, 2.75) is 32.1 Å². The van der Waals surface area contributed by atoms with Crippen LogP contribution in [-0.2, 0) is 16.0 Å². The Balaban J connectivity index is 1.45. The highest BCUT2D eigenvalue weighted by Crippen LogP contribution is 2.20. The highest BCUT2D eigenvalue weighted by molar-refractivity contribution is 6.39. The molecule has 0 aliphatic carbocycles. The molecule has 154 valence electrons. The molecular formula is C22H25F2N3O2. The molecule has 7 heteroatoms. The molecule has 2 amide bonds. The Morgan fingerprint density at radius 1 is 0.897 bits per heavy atom. The minimum absolute atomic E-state index is 0.240. The second-order valence-electron chi connectivity index (χ2n) is 7.15. The van der Waals surface area contributed by atoms with E-state index in [-0.39, 0.29) is 12.2 Å². The van der Waals surface area contributed by atoms with Gasteiger partial charge in [-0.2, -0.15) is 0 Å². The highest BCUT2D eigenvalue weighted by Gasteiger charge is 2.15. The first-order valence-electron chi connectivity index (χ1n) is 9.91. The molecule has 0 saturated carbocycles. The van der Waals surface area contributed by atoms with E-state index in [0.717, 1.165) is 30.8 Å². The summed E-state index contributed by atoms with van der Waals surface area (Å²) in [5, 5.41) is 4.65. The monoisotopic (exact) mass is 401 g/mol. The molecule has 29 heavy (non-hydrogen) atoms. The summed E-state index contributed by atoms with van der Waals surface area (Å²) in [5.41, 5.74) is 2.02. The van der Waals surface area contributed by atoms with E-state index in [1.807, 2.05) is 12.1 Å². The van der Waals surface area contributed by atoms with Gasteiger partial charge in [-0.15, -0.1) is 0 Å². The fourth-order valence-electron chi connectivity index (χ4n) is 3.37. The van der Waals surface area contributed by atoms with Crippen LogP contribution in [-0.4, -0.2) is 31.4 Å². The topological polar surface area (TPSA) is 61.4 Å². The standard InChI is InChI=1S/C22H25F2N3O2/c23-17-7-10-20(19(24)15-17)26-22(29)21(28)25-12-11-16-5-8-18(9-6-16)27-13-3-1-2-4-14-27/h5-10,15H,1-4,11-14H2,(H,25,28)(H,26,29). The lowest BCUT2D eigenvalue weighted by Crippen LogP contribution is -2.36. The molecule has 3 rings (SSSR count). The number of benzene rings is 2. The summed E-state index contributed by atoms with van der Waals surface area (Å²) >= 11 is 0. The molecule has 0 radical (unpaired) electrons. The number of rotatable bonds is 5. The van der Waals surface area contributed by atoms with Gasteiger partial charge in [0.2, 0.25) is 0 Å². The first-order valence-corrected chi connectivity index (χ1v) is 9.91. The lowest BCUT2D eigenvalue weighted by Gasteiger charge is -2.22. The van der Waals surface area contributed by atoms with Crippen molar-refractivity contribution in [2.75, 3.05) is 29.9 Å². The van der Waals surface area contributed by atoms with Gasteiger partial charge in [0.05, 0.1) is 5.69 Å². The number of carbonyl (C=O) groups excluding carboxylic acids is 2. The molecule has 1 heterocycles. The van der Waals surface area contributed by atoms with Gasteiger partial charge < -0.3 is 15.5 Å². The van der Waals surface area contributed by atoms with Crippen LogP contribution in [0, 0.1) is 11.6 Å². The van der Waals surface area contributed by atoms with Crippen molar-refractivity contribution >= 4 is 23.2 Å².